The molecule has 3 heterocycles. The van der Waals surface area contributed by atoms with Gasteiger partial charge in [-0.3, -0.25) is 9.78 Å². The first kappa shape index (κ1) is 14.3. The van der Waals surface area contributed by atoms with Gasteiger partial charge in [0, 0.05) is 17.0 Å². The molecule has 0 amide bonds. The van der Waals surface area contributed by atoms with Gasteiger partial charge in [0.2, 0.25) is 0 Å². The molecule has 1 aromatic carbocycles. The molecule has 5 nitrogen and oxygen atoms in total. The van der Waals surface area contributed by atoms with E-state index in [9.17, 15) is 14.0 Å². The fourth-order valence-corrected chi connectivity index (χ4v) is 4.02. The van der Waals surface area contributed by atoms with Gasteiger partial charge in [-0.05, 0) is 28.1 Å². The molecule has 3 aromatic heterocycles. The van der Waals surface area contributed by atoms with Crippen LogP contribution in [0.1, 0.15) is 0 Å². The molecule has 0 aliphatic rings. The van der Waals surface area contributed by atoms with Crippen LogP contribution in [0.15, 0.2) is 50.0 Å². The standard InChI is InChI=1S/C15H7BrFN3O2S/c16-11-4-9-13(23-11)14(21)20(15(22)19-9)10-6-18-5-7-2-1-3-8(17)12(7)10/h1-6H,(H,19,22). The molecule has 0 bridgehead atoms. The number of nitrogens with zero attached hydrogens (tertiary/aromatic N) is 2. The van der Waals surface area contributed by atoms with Crippen molar-refractivity contribution in [2.45, 2.75) is 0 Å². The maximum atomic E-state index is 14.3. The van der Waals surface area contributed by atoms with Crippen molar-refractivity contribution >= 4 is 48.3 Å². The molecule has 0 radical (unpaired) electrons. The fraction of sp³-hybridized carbons (Fsp3) is 0. The molecule has 4 rings (SSSR count). The van der Waals surface area contributed by atoms with Crippen LogP contribution in [0.3, 0.4) is 0 Å². The van der Waals surface area contributed by atoms with Crippen LogP contribution in [0.25, 0.3) is 26.7 Å². The average molecular weight is 392 g/mol. The number of thiophene rings is 1. The highest BCUT2D eigenvalue weighted by Crippen LogP contribution is 2.26. The lowest BCUT2D eigenvalue weighted by Gasteiger charge is -2.08. The van der Waals surface area contributed by atoms with Crippen LogP contribution in [-0.2, 0) is 0 Å². The van der Waals surface area contributed by atoms with Crippen LogP contribution in [0.4, 0.5) is 4.39 Å². The van der Waals surface area contributed by atoms with Crippen LogP contribution in [0, 0.1) is 5.82 Å². The Kier molecular flexibility index (Phi) is 3.17. The minimum atomic E-state index is -0.634. The van der Waals surface area contributed by atoms with Crippen molar-refractivity contribution in [3.63, 3.8) is 0 Å². The van der Waals surface area contributed by atoms with E-state index in [0.717, 1.165) is 8.35 Å². The Labute approximate surface area is 140 Å². The highest BCUT2D eigenvalue weighted by Gasteiger charge is 2.16. The fourth-order valence-electron chi connectivity index (χ4n) is 2.54. The second-order valence-electron chi connectivity index (χ2n) is 4.86. The van der Waals surface area contributed by atoms with Crippen LogP contribution < -0.4 is 11.2 Å². The maximum absolute atomic E-state index is 14.3. The van der Waals surface area contributed by atoms with Gasteiger partial charge in [0.1, 0.15) is 10.5 Å². The van der Waals surface area contributed by atoms with E-state index in [4.69, 9.17) is 0 Å². The summed E-state index contributed by atoms with van der Waals surface area (Å²) in [6.45, 7) is 0. The highest BCUT2D eigenvalue weighted by molar-refractivity contribution is 9.11. The molecule has 114 valence electrons. The Bertz CT molecular complexity index is 1190. The predicted octanol–water partition coefficient (Wildman–Crippen LogP) is 3.19. The Hall–Kier alpha value is -2.32. The summed E-state index contributed by atoms with van der Waals surface area (Å²) in [6, 6.07) is 6.17. The number of H-pyrrole nitrogens is 1. The Morgan fingerprint density at radius 2 is 2.09 bits per heavy atom. The zero-order chi connectivity index (χ0) is 16.1. The third kappa shape index (κ3) is 2.13. The third-order valence-corrected chi connectivity index (χ3v) is 5.12. The van der Waals surface area contributed by atoms with E-state index in [0.29, 0.717) is 15.6 Å². The number of aromatic amines is 1. The molecular formula is C15H7BrFN3O2S. The number of hydrogen-bond acceptors (Lipinski definition) is 4. The number of rotatable bonds is 1. The van der Waals surface area contributed by atoms with Crippen LogP contribution in [-0.4, -0.2) is 14.5 Å². The van der Waals surface area contributed by atoms with Crippen molar-refractivity contribution in [2.24, 2.45) is 0 Å². The van der Waals surface area contributed by atoms with Crippen LogP contribution >= 0.6 is 27.3 Å². The monoisotopic (exact) mass is 391 g/mol. The summed E-state index contributed by atoms with van der Waals surface area (Å²) in [5, 5.41) is 0.700. The second kappa shape index (κ2) is 5.10. The number of halogens is 2. The average Bonchev–Trinajstić information content (AvgIpc) is 2.88. The van der Waals surface area contributed by atoms with E-state index in [2.05, 4.69) is 25.9 Å². The lowest BCUT2D eigenvalue weighted by molar-refractivity contribution is 0.638. The number of nitrogens with one attached hydrogen (secondary N) is 1. The third-order valence-electron chi connectivity index (χ3n) is 3.50. The van der Waals surface area contributed by atoms with E-state index < -0.39 is 17.1 Å². The Morgan fingerprint density at radius 1 is 1.26 bits per heavy atom. The SMILES string of the molecule is O=c1[nH]c2cc(Br)sc2c(=O)n1-c1cncc2cccc(F)c12. The summed E-state index contributed by atoms with van der Waals surface area (Å²) in [6.07, 6.45) is 2.80. The Balaban J connectivity index is 2.20. The number of hydrogen-bond donors (Lipinski definition) is 1. The molecule has 0 aliphatic heterocycles. The number of pyridine rings is 1. The summed E-state index contributed by atoms with van der Waals surface area (Å²) in [5.41, 5.74) is -0.567. The molecule has 1 N–H and O–H groups in total. The van der Waals surface area contributed by atoms with Gasteiger partial charge in [0.15, 0.2) is 0 Å². The molecule has 23 heavy (non-hydrogen) atoms. The molecule has 8 heteroatoms. The number of aromatic nitrogens is 3. The lowest BCUT2D eigenvalue weighted by Crippen LogP contribution is -2.33. The summed E-state index contributed by atoms with van der Waals surface area (Å²) in [4.78, 5) is 31.7. The van der Waals surface area contributed by atoms with E-state index in [-0.39, 0.29) is 11.1 Å². The molecule has 0 unspecified atom stereocenters. The zero-order valence-corrected chi connectivity index (χ0v) is 13.7. The van der Waals surface area contributed by atoms with Crippen molar-refractivity contribution < 1.29 is 4.39 Å². The molecule has 0 spiro atoms. The van der Waals surface area contributed by atoms with Crippen molar-refractivity contribution in [1.29, 1.82) is 0 Å². The summed E-state index contributed by atoms with van der Waals surface area (Å²) >= 11 is 4.50. The van der Waals surface area contributed by atoms with Crippen molar-refractivity contribution in [3.8, 4) is 5.69 Å². The Morgan fingerprint density at radius 3 is 2.91 bits per heavy atom. The van der Waals surface area contributed by atoms with Gasteiger partial charge in [0.25, 0.3) is 5.56 Å². The first-order valence-corrected chi connectivity index (χ1v) is 8.14. The van der Waals surface area contributed by atoms with Gasteiger partial charge >= 0.3 is 5.69 Å². The quantitative estimate of drug-likeness (QED) is 0.541. The van der Waals surface area contributed by atoms with Gasteiger partial charge in [-0.25, -0.2) is 13.8 Å². The lowest BCUT2D eigenvalue weighted by atomic mass is 10.1. The largest absolute Gasteiger partial charge is 0.333 e. The summed E-state index contributed by atoms with van der Waals surface area (Å²) in [7, 11) is 0. The number of fused-ring (bicyclic) bond motifs is 2. The van der Waals surface area contributed by atoms with Gasteiger partial charge in [-0.2, -0.15) is 0 Å². The van der Waals surface area contributed by atoms with Gasteiger partial charge < -0.3 is 4.98 Å². The van der Waals surface area contributed by atoms with Crippen LogP contribution in [0.2, 0.25) is 0 Å². The summed E-state index contributed by atoms with van der Waals surface area (Å²) in [5.74, 6) is -0.515. The van der Waals surface area contributed by atoms with E-state index in [1.54, 1.807) is 18.2 Å². The molecule has 4 aromatic rings. The van der Waals surface area contributed by atoms with Gasteiger partial charge in [-0.1, -0.05) is 12.1 Å². The molecule has 0 saturated carbocycles. The van der Waals surface area contributed by atoms with E-state index in [1.165, 1.54) is 29.8 Å². The second-order valence-corrected chi connectivity index (χ2v) is 7.29. The normalized spacial score (nSPS) is 11.4. The molecular weight excluding hydrogens is 385 g/mol. The highest BCUT2D eigenvalue weighted by atomic mass is 79.9. The molecule has 0 fully saturated rings. The smallest absolute Gasteiger partial charge is 0.305 e. The van der Waals surface area contributed by atoms with E-state index in [1.807, 2.05) is 0 Å². The topological polar surface area (TPSA) is 67.8 Å². The number of benzene rings is 1. The minimum Gasteiger partial charge on any atom is -0.305 e. The van der Waals surface area contributed by atoms with E-state index >= 15 is 0 Å². The van der Waals surface area contributed by atoms with Crippen molar-refractivity contribution in [3.05, 3.63) is 67.1 Å². The first-order chi connectivity index (χ1) is 11.1. The van der Waals surface area contributed by atoms with Gasteiger partial charge in [-0.15, -0.1) is 11.3 Å². The maximum Gasteiger partial charge on any atom is 0.333 e. The first-order valence-electron chi connectivity index (χ1n) is 6.53. The van der Waals surface area contributed by atoms with Crippen molar-refractivity contribution in [2.75, 3.05) is 0 Å². The van der Waals surface area contributed by atoms with Gasteiger partial charge in [0.05, 0.1) is 21.2 Å². The molecule has 0 aliphatic carbocycles. The zero-order valence-electron chi connectivity index (χ0n) is 11.3. The molecule has 0 saturated heterocycles. The van der Waals surface area contributed by atoms with Crippen molar-refractivity contribution in [1.82, 2.24) is 14.5 Å². The minimum absolute atomic E-state index is 0.123. The molecule has 0 atom stereocenters. The van der Waals surface area contributed by atoms with Crippen LogP contribution in [0.5, 0.6) is 0 Å². The predicted molar refractivity (Wildman–Crippen MR) is 91.0 cm³/mol. The summed E-state index contributed by atoms with van der Waals surface area (Å²) < 4.78 is 16.3.